The number of ether oxygens (including phenoxy) is 1. The molecule has 0 radical (unpaired) electrons. The molecule has 0 unspecified atom stereocenters. The van der Waals surface area contributed by atoms with Gasteiger partial charge in [-0.05, 0) is 56.1 Å². The summed E-state index contributed by atoms with van der Waals surface area (Å²) in [6, 6.07) is 13.1. The van der Waals surface area contributed by atoms with Gasteiger partial charge in [0.15, 0.2) is 0 Å². The van der Waals surface area contributed by atoms with Crippen molar-refractivity contribution >= 4 is 16.7 Å². The highest BCUT2D eigenvalue weighted by atomic mass is 16.6. The molecule has 0 saturated carbocycles. The van der Waals surface area contributed by atoms with E-state index < -0.39 is 0 Å². The number of fused-ring (bicyclic) bond motifs is 1. The molecule has 2 heterocycles. The van der Waals surface area contributed by atoms with Crippen LogP contribution in [0.3, 0.4) is 0 Å². The SMILES string of the molecule is CCCOc1ccc(Cc2nc3cc([N+](=O)[O-])ccc3n2CCN2CCCCC2)cc1. The Labute approximate surface area is 182 Å². The van der Waals surface area contributed by atoms with Crippen LogP contribution in [0.25, 0.3) is 11.0 Å². The molecule has 3 aromatic rings. The third-order valence-corrected chi connectivity index (χ3v) is 5.87. The quantitative estimate of drug-likeness (QED) is 0.365. The lowest BCUT2D eigenvalue weighted by atomic mass is 10.1. The highest BCUT2D eigenvalue weighted by Crippen LogP contribution is 2.24. The van der Waals surface area contributed by atoms with Gasteiger partial charge in [0.2, 0.25) is 0 Å². The summed E-state index contributed by atoms with van der Waals surface area (Å²) in [4.78, 5) is 18.2. The predicted octanol–water partition coefficient (Wildman–Crippen LogP) is 4.81. The van der Waals surface area contributed by atoms with Crippen LogP contribution in [0.15, 0.2) is 42.5 Å². The summed E-state index contributed by atoms with van der Waals surface area (Å²) < 4.78 is 7.91. The van der Waals surface area contributed by atoms with Gasteiger partial charge < -0.3 is 14.2 Å². The van der Waals surface area contributed by atoms with Gasteiger partial charge in [0, 0.05) is 31.6 Å². The van der Waals surface area contributed by atoms with E-state index in [4.69, 9.17) is 9.72 Å². The molecule has 7 nitrogen and oxygen atoms in total. The molecule has 31 heavy (non-hydrogen) atoms. The van der Waals surface area contributed by atoms with Crippen molar-refractivity contribution in [3.8, 4) is 5.75 Å². The summed E-state index contributed by atoms with van der Waals surface area (Å²) in [7, 11) is 0. The largest absolute Gasteiger partial charge is 0.494 e. The fraction of sp³-hybridized carbons (Fsp3) is 0.458. The second-order valence-electron chi connectivity index (χ2n) is 8.18. The number of likely N-dealkylation sites (tertiary alicyclic amines) is 1. The average Bonchev–Trinajstić information content (AvgIpc) is 3.14. The van der Waals surface area contributed by atoms with Gasteiger partial charge in [-0.2, -0.15) is 0 Å². The Hall–Kier alpha value is -2.93. The first-order valence-corrected chi connectivity index (χ1v) is 11.2. The molecule has 1 aliphatic heterocycles. The predicted molar refractivity (Wildman–Crippen MR) is 122 cm³/mol. The lowest BCUT2D eigenvalue weighted by molar-refractivity contribution is -0.384. The molecule has 164 valence electrons. The van der Waals surface area contributed by atoms with Gasteiger partial charge in [0.25, 0.3) is 5.69 Å². The van der Waals surface area contributed by atoms with Crippen LogP contribution in [0.1, 0.15) is 44.0 Å². The van der Waals surface area contributed by atoms with Crippen LogP contribution in [0, 0.1) is 10.1 Å². The topological polar surface area (TPSA) is 73.4 Å². The Morgan fingerprint density at radius 2 is 1.84 bits per heavy atom. The van der Waals surface area contributed by atoms with Crippen LogP contribution in [0.5, 0.6) is 5.75 Å². The molecule has 7 heteroatoms. The average molecular weight is 423 g/mol. The molecular weight excluding hydrogens is 392 g/mol. The lowest BCUT2D eigenvalue weighted by Gasteiger charge is -2.26. The number of nitro benzene ring substituents is 1. The van der Waals surface area contributed by atoms with Crippen molar-refractivity contribution in [3.05, 3.63) is 64.0 Å². The maximum atomic E-state index is 11.2. The molecule has 0 N–H and O–H groups in total. The van der Waals surface area contributed by atoms with Crippen LogP contribution in [-0.2, 0) is 13.0 Å². The number of aromatic nitrogens is 2. The first-order valence-electron chi connectivity index (χ1n) is 11.2. The van der Waals surface area contributed by atoms with Crippen LogP contribution in [0.4, 0.5) is 5.69 Å². The zero-order valence-electron chi connectivity index (χ0n) is 18.1. The zero-order chi connectivity index (χ0) is 21.6. The third kappa shape index (κ3) is 5.22. The second kappa shape index (κ2) is 9.92. The number of nitro groups is 1. The summed E-state index contributed by atoms with van der Waals surface area (Å²) in [6.07, 6.45) is 5.50. The van der Waals surface area contributed by atoms with Crippen molar-refractivity contribution < 1.29 is 9.66 Å². The van der Waals surface area contributed by atoms with Crippen molar-refractivity contribution in [2.24, 2.45) is 0 Å². The van der Waals surface area contributed by atoms with Crippen LogP contribution < -0.4 is 4.74 Å². The summed E-state index contributed by atoms with van der Waals surface area (Å²) in [5.74, 6) is 1.81. The minimum Gasteiger partial charge on any atom is -0.494 e. The summed E-state index contributed by atoms with van der Waals surface area (Å²) in [5.41, 5.74) is 2.87. The number of imidazole rings is 1. The Morgan fingerprint density at radius 1 is 1.06 bits per heavy atom. The van der Waals surface area contributed by atoms with E-state index in [0.717, 1.165) is 55.3 Å². The highest BCUT2D eigenvalue weighted by molar-refractivity contribution is 5.78. The first-order chi connectivity index (χ1) is 15.1. The maximum absolute atomic E-state index is 11.2. The standard InChI is InChI=1S/C24H30N4O3/c1-2-16-31-21-9-6-19(7-10-21)17-24-25-22-18-20(28(29)30)8-11-23(22)27(24)15-14-26-12-4-3-5-13-26/h6-11,18H,2-5,12-17H2,1H3. The summed E-state index contributed by atoms with van der Waals surface area (Å²) >= 11 is 0. The Bertz CT molecular complexity index is 1020. The third-order valence-electron chi connectivity index (χ3n) is 5.87. The van der Waals surface area contributed by atoms with Crippen LogP contribution >= 0.6 is 0 Å². The fourth-order valence-corrected chi connectivity index (χ4v) is 4.20. The zero-order valence-corrected chi connectivity index (χ0v) is 18.1. The van der Waals surface area contributed by atoms with Crippen LogP contribution in [-0.4, -0.2) is 45.6 Å². The van der Waals surface area contributed by atoms with Crippen molar-refractivity contribution in [2.45, 2.75) is 45.6 Å². The number of benzene rings is 2. The lowest BCUT2D eigenvalue weighted by Crippen LogP contribution is -2.32. The van der Waals surface area contributed by atoms with E-state index in [9.17, 15) is 10.1 Å². The van der Waals surface area contributed by atoms with E-state index in [-0.39, 0.29) is 10.6 Å². The van der Waals surface area contributed by atoms with Gasteiger partial charge in [0.1, 0.15) is 11.6 Å². The number of hydrogen-bond acceptors (Lipinski definition) is 5. The highest BCUT2D eigenvalue weighted by Gasteiger charge is 2.17. The van der Waals surface area contributed by atoms with Crippen molar-refractivity contribution in [1.82, 2.24) is 14.5 Å². The van der Waals surface area contributed by atoms with Crippen LogP contribution in [0.2, 0.25) is 0 Å². The monoisotopic (exact) mass is 422 g/mol. The molecule has 1 aliphatic rings. The van der Waals surface area contributed by atoms with Crippen molar-refractivity contribution in [2.75, 3.05) is 26.2 Å². The molecular formula is C24H30N4O3. The molecule has 0 spiro atoms. The Morgan fingerprint density at radius 3 is 2.55 bits per heavy atom. The van der Waals surface area contributed by atoms with Crippen molar-refractivity contribution in [3.63, 3.8) is 0 Å². The minimum absolute atomic E-state index is 0.0807. The molecule has 0 amide bonds. The van der Waals surface area contributed by atoms with E-state index in [2.05, 4.69) is 28.5 Å². The van der Waals surface area contributed by atoms with E-state index in [1.807, 2.05) is 18.2 Å². The van der Waals surface area contributed by atoms with Gasteiger partial charge in [-0.15, -0.1) is 0 Å². The molecule has 0 atom stereocenters. The smallest absolute Gasteiger partial charge is 0.271 e. The molecule has 4 rings (SSSR count). The summed E-state index contributed by atoms with van der Waals surface area (Å²) in [6.45, 7) is 6.90. The van der Waals surface area contributed by atoms with Gasteiger partial charge in [-0.1, -0.05) is 25.5 Å². The molecule has 0 aliphatic carbocycles. The van der Waals surface area contributed by atoms with Gasteiger partial charge >= 0.3 is 0 Å². The van der Waals surface area contributed by atoms with Crippen molar-refractivity contribution in [1.29, 1.82) is 0 Å². The normalized spacial score (nSPS) is 14.7. The van der Waals surface area contributed by atoms with E-state index >= 15 is 0 Å². The van der Waals surface area contributed by atoms with Gasteiger partial charge in [0.05, 0.1) is 22.6 Å². The number of nitrogens with zero attached hydrogens (tertiary/aromatic N) is 4. The Balaban J connectivity index is 1.59. The molecule has 0 bridgehead atoms. The fourth-order valence-electron chi connectivity index (χ4n) is 4.20. The Kier molecular flexibility index (Phi) is 6.82. The molecule has 1 saturated heterocycles. The molecule has 1 fully saturated rings. The van der Waals surface area contributed by atoms with Gasteiger partial charge in [-0.25, -0.2) is 4.98 Å². The summed E-state index contributed by atoms with van der Waals surface area (Å²) in [5, 5.41) is 11.2. The van der Waals surface area contributed by atoms with Gasteiger partial charge in [-0.3, -0.25) is 10.1 Å². The molecule has 2 aromatic carbocycles. The maximum Gasteiger partial charge on any atom is 0.271 e. The van der Waals surface area contributed by atoms with E-state index in [1.165, 1.54) is 19.3 Å². The second-order valence-corrected chi connectivity index (χ2v) is 8.18. The molecule has 1 aromatic heterocycles. The number of piperidine rings is 1. The van der Waals surface area contributed by atoms with E-state index in [1.54, 1.807) is 12.1 Å². The number of non-ortho nitro benzene ring substituents is 1. The van der Waals surface area contributed by atoms with E-state index in [0.29, 0.717) is 18.5 Å². The first kappa shape index (κ1) is 21.3. The minimum atomic E-state index is -0.360. The number of hydrogen-bond donors (Lipinski definition) is 0. The number of rotatable bonds is 9.